The second-order valence-corrected chi connectivity index (χ2v) is 5.92. The van der Waals surface area contributed by atoms with Crippen molar-refractivity contribution in [3.8, 4) is 11.5 Å². The molecule has 2 rings (SSSR count). The molecule has 2 aromatic carbocycles. The molecule has 0 spiro atoms. The molecule has 0 amide bonds. The van der Waals surface area contributed by atoms with Gasteiger partial charge in [0.05, 0.1) is 16.6 Å². The van der Waals surface area contributed by atoms with Crippen LogP contribution >= 0.6 is 28.1 Å². The Balaban J connectivity index is 1.96. The van der Waals surface area contributed by atoms with E-state index in [1.807, 2.05) is 42.5 Å². The number of methoxy groups -OCH3 is 1. The third-order valence-electron chi connectivity index (χ3n) is 2.92. The van der Waals surface area contributed by atoms with Crippen LogP contribution in [0.5, 0.6) is 11.5 Å². The van der Waals surface area contributed by atoms with Gasteiger partial charge in [-0.2, -0.15) is 0 Å². The summed E-state index contributed by atoms with van der Waals surface area (Å²) < 4.78 is 11.9. The van der Waals surface area contributed by atoms with Crippen molar-refractivity contribution >= 4 is 33.1 Å². The summed E-state index contributed by atoms with van der Waals surface area (Å²) in [6, 6.07) is 13.7. The number of ether oxygens (including phenoxy) is 2. The van der Waals surface area contributed by atoms with Crippen molar-refractivity contribution in [2.75, 3.05) is 7.11 Å². The molecule has 5 heteroatoms. The van der Waals surface area contributed by atoms with Gasteiger partial charge < -0.3 is 15.2 Å². The number of halogens is 1. The maximum atomic E-state index is 5.75. The first-order chi connectivity index (χ1) is 10.1. The van der Waals surface area contributed by atoms with E-state index in [2.05, 4.69) is 15.9 Å². The van der Waals surface area contributed by atoms with E-state index >= 15 is 0 Å². The summed E-state index contributed by atoms with van der Waals surface area (Å²) in [5, 5.41) is 0. The molecule has 0 aromatic heterocycles. The molecule has 0 aliphatic rings. The van der Waals surface area contributed by atoms with Crippen molar-refractivity contribution in [3.05, 3.63) is 58.1 Å². The first-order valence-corrected chi connectivity index (χ1v) is 7.61. The van der Waals surface area contributed by atoms with E-state index < -0.39 is 0 Å². The fourth-order valence-electron chi connectivity index (χ4n) is 1.87. The maximum absolute atomic E-state index is 5.75. The quantitative estimate of drug-likeness (QED) is 0.789. The molecule has 0 aliphatic heterocycles. The average molecular weight is 366 g/mol. The van der Waals surface area contributed by atoms with Gasteiger partial charge in [0.1, 0.15) is 18.1 Å². The molecule has 110 valence electrons. The van der Waals surface area contributed by atoms with Crippen LogP contribution < -0.4 is 15.2 Å². The van der Waals surface area contributed by atoms with E-state index in [4.69, 9.17) is 27.4 Å². The summed E-state index contributed by atoms with van der Waals surface area (Å²) in [5.74, 6) is 1.62. The fraction of sp³-hybridized carbons (Fsp3) is 0.188. The molecule has 2 N–H and O–H groups in total. The molecule has 0 bridgehead atoms. The Kier molecular flexibility index (Phi) is 5.59. The lowest BCUT2D eigenvalue weighted by molar-refractivity contribution is 0.306. The lowest BCUT2D eigenvalue weighted by atomic mass is 10.1. The molecular formula is C16H16BrNO2S. The summed E-state index contributed by atoms with van der Waals surface area (Å²) in [7, 11) is 1.64. The van der Waals surface area contributed by atoms with Gasteiger partial charge in [-0.25, -0.2) is 0 Å². The van der Waals surface area contributed by atoms with Crippen LogP contribution in [0.15, 0.2) is 46.9 Å². The van der Waals surface area contributed by atoms with Gasteiger partial charge in [-0.05, 0) is 51.3 Å². The van der Waals surface area contributed by atoms with E-state index in [9.17, 15) is 0 Å². The Morgan fingerprint density at radius 2 is 1.81 bits per heavy atom. The van der Waals surface area contributed by atoms with Gasteiger partial charge in [-0.1, -0.05) is 30.4 Å². The molecule has 0 heterocycles. The minimum Gasteiger partial charge on any atom is -0.496 e. The Morgan fingerprint density at radius 1 is 1.14 bits per heavy atom. The normalized spacial score (nSPS) is 10.2. The van der Waals surface area contributed by atoms with Crippen LogP contribution in [-0.2, 0) is 13.0 Å². The van der Waals surface area contributed by atoms with Crippen molar-refractivity contribution in [2.24, 2.45) is 5.73 Å². The smallest absolute Gasteiger partial charge is 0.133 e. The number of hydrogen-bond donors (Lipinski definition) is 1. The number of thiocarbonyl (C=S) groups is 1. The van der Waals surface area contributed by atoms with Crippen LogP contribution in [0.1, 0.15) is 11.1 Å². The Hall–Kier alpha value is -1.59. The highest BCUT2D eigenvalue weighted by molar-refractivity contribution is 9.10. The number of rotatable bonds is 6. The summed E-state index contributed by atoms with van der Waals surface area (Å²) in [6.45, 7) is 0.497. The molecule has 0 saturated carbocycles. The molecule has 0 unspecified atom stereocenters. The fourth-order valence-corrected chi connectivity index (χ4v) is 2.63. The van der Waals surface area contributed by atoms with Crippen molar-refractivity contribution < 1.29 is 9.47 Å². The molecule has 0 atom stereocenters. The topological polar surface area (TPSA) is 44.5 Å². The molecule has 0 fully saturated rings. The minimum absolute atomic E-state index is 0.492. The maximum Gasteiger partial charge on any atom is 0.133 e. The van der Waals surface area contributed by atoms with Crippen molar-refractivity contribution in [1.29, 1.82) is 0 Å². The third-order valence-corrected chi connectivity index (χ3v) is 3.69. The third kappa shape index (κ3) is 4.72. The summed E-state index contributed by atoms with van der Waals surface area (Å²) in [4.78, 5) is 0.492. The zero-order valence-corrected chi connectivity index (χ0v) is 14.0. The van der Waals surface area contributed by atoms with Crippen molar-refractivity contribution in [2.45, 2.75) is 13.0 Å². The summed E-state index contributed by atoms with van der Waals surface area (Å²) in [5.41, 5.74) is 7.67. The lowest BCUT2D eigenvalue weighted by Gasteiger charge is -2.09. The van der Waals surface area contributed by atoms with E-state index in [1.165, 1.54) is 0 Å². The van der Waals surface area contributed by atoms with Gasteiger partial charge in [0.25, 0.3) is 0 Å². The lowest BCUT2D eigenvalue weighted by Crippen LogP contribution is -2.10. The van der Waals surface area contributed by atoms with Gasteiger partial charge in [0, 0.05) is 6.42 Å². The first-order valence-electron chi connectivity index (χ1n) is 6.41. The van der Waals surface area contributed by atoms with Gasteiger partial charge in [-0.15, -0.1) is 0 Å². The van der Waals surface area contributed by atoms with Crippen LogP contribution in [0.2, 0.25) is 0 Å². The van der Waals surface area contributed by atoms with Crippen molar-refractivity contribution in [1.82, 2.24) is 0 Å². The van der Waals surface area contributed by atoms with Crippen LogP contribution in [0.25, 0.3) is 0 Å². The summed E-state index contributed by atoms with van der Waals surface area (Å²) in [6.07, 6.45) is 0.612. The Morgan fingerprint density at radius 3 is 2.38 bits per heavy atom. The van der Waals surface area contributed by atoms with Crippen LogP contribution in [-0.4, -0.2) is 12.1 Å². The van der Waals surface area contributed by atoms with E-state index in [-0.39, 0.29) is 0 Å². The molecule has 3 nitrogen and oxygen atoms in total. The SMILES string of the molecule is COc1ccc(COc2ccc(CC(N)=S)cc2)cc1Br. The Labute approximate surface area is 138 Å². The highest BCUT2D eigenvalue weighted by atomic mass is 79.9. The van der Waals surface area contributed by atoms with Gasteiger partial charge in [0.15, 0.2) is 0 Å². The molecular weight excluding hydrogens is 350 g/mol. The molecule has 2 aromatic rings. The number of nitrogens with two attached hydrogens (primary N) is 1. The zero-order valence-electron chi connectivity index (χ0n) is 11.6. The monoisotopic (exact) mass is 365 g/mol. The van der Waals surface area contributed by atoms with Crippen LogP contribution in [0.4, 0.5) is 0 Å². The first kappa shape index (κ1) is 15.8. The minimum atomic E-state index is 0.492. The predicted octanol–water partition coefficient (Wildman–Crippen LogP) is 3.87. The van der Waals surface area contributed by atoms with Gasteiger partial charge >= 0.3 is 0 Å². The molecule has 21 heavy (non-hydrogen) atoms. The molecule has 0 saturated heterocycles. The van der Waals surface area contributed by atoms with E-state index in [0.29, 0.717) is 18.0 Å². The van der Waals surface area contributed by atoms with Crippen LogP contribution in [0.3, 0.4) is 0 Å². The molecule has 0 aliphatic carbocycles. The highest BCUT2D eigenvalue weighted by Gasteiger charge is 2.03. The summed E-state index contributed by atoms with van der Waals surface area (Å²) >= 11 is 8.35. The van der Waals surface area contributed by atoms with Gasteiger partial charge in [0.2, 0.25) is 0 Å². The van der Waals surface area contributed by atoms with E-state index in [0.717, 1.165) is 27.1 Å². The number of benzene rings is 2. The van der Waals surface area contributed by atoms with Crippen LogP contribution in [0, 0.1) is 0 Å². The van der Waals surface area contributed by atoms with Gasteiger partial charge in [-0.3, -0.25) is 0 Å². The predicted molar refractivity (Wildman–Crippen MR) is 92.0 cm³/mol. The Bertz CT molecular complexity index is 629. The zero-order chi connectivity index (χ0) is 15.2. The largest absolute Gasteiger partial charge is 0.496 e. The second-order valence-electron chi connectivity index (χ2n) is 4.54. The number of hydrogen-bond acceptors (Lipinski definition) is 3. The highest BCUT2D eigenvalue weighted by Crippen LogP contribution is 2.26. The van der Waals surface area contributed by atoms with E-state index in [1.54, 1.807) is 7.11 Å². The van der Waals surface area contributed by atoms with Crippen molar-refractivity contribution in [3.63, 3.8) is 0 Å². The second kappa shape index (κ2) is 7.43. The standard InChI is InChI=1S/C16H16BrNO2S/c1-19-15-7-4-12(8-14(15)17)10-20-13-5-2-11(3-6-13)9-16(18)21/h2-8H,9-10H2,1H3,(H2,18,21). The molecule has 0 radical (unpaired) electrons. The average Bonchev–Trinajstić information content (AvgIpc) is 2.46.